The van der Waals surface area contributed by atoms with E-state index in [1.54, 1.807) is 0 Å². The fourth-order valence-corrected chi connectivity index (χ4v) is 1.83. The highest BCUT2D eigenvalue weighted by molar-refractivity contribution is 14.1. The van der Waals surface area contributed by atoms with Crippen LogP contribution in [0.15, 0.2) is 18.2 Å². The molecule has 0 aliphatic carbocycles. The third-order valence-corrected chi connectivity index (χ3v) is 2.81. The van der Waals surface area contributed by atoms with Crippen molar-refractivity contribution >= 4 is 34.0 Å². The van der Waals surface area contributed by atoms with Gasteiger partial charge >= 0.3 is 0 Å². The highest BCUT2D eigenvalue weighted by atomic mass is 127. The molecule has 0 aliphatic rings. The van der Waals surface area contributed by atoms with Crippen LogP contribution < -0.4 is 11.1 Å². The van der Waals surface area contributed by atoms with Gasteiger partial charge in [0.25, 0.3) is 0 Å². The predicted molar refractivity (Wildman–Crippen MR) is 69.8 cm³/mol. The number of hydrogen-bond acceptors (Lipinski definition) is 5. The molecule has 2 rings (SSSR count). The Balaban J connectivity index is 2.15. The lowest BCUT2D eigenvalue weighted by molar-refractivity contribution is 0.794. The van der Waals surface area contributed by atoms with E-state index >= 15 is 0 Å². The van der Waals surface area contributed by atoms with Gasteiger partial charge in [-0.25, -0.2) is 0 Å². The summed E-state index contributed by atoms with van der Waals surface area (Å²) in [6, 6.07) is 5.79. The molecule has 2 aromatic rings. The van der Waals surface area contributed by atoms with Crippen LogP contribution in [0.3, 0.4) is 0 Å². The Labute approximate surface area is 106 Å². The van der Waals surface area contributed by atoms with E-state index in [1.807, 2.05) is 25.1 Å². The monoisotopic (exact) mass is 330 g/mol. The third kappa shape index (κ3) is 2.40. The first kappa shape index (κ1) is 11.1. The third-order valence-electron chi connectivity index (χ3n) is 2.13. The minimum atomic E-state index is -0.0406. The van der Waals surface area contributed by atoms with E-state index in [2.05, 4.69) is 48.5 Å². The summed E-state index contributed by atoms with van der Waals surface area (Å²) in [5.74, 6) is 0.609. The van der Waals surface area contributed by atoms with E-state index < -0.39 is 0 Å². The van der Waals surface area contributed by atoms with Crippen molar-refractivity contribution in [3.8, 4) is 0 Å². The Morgan fingerprint density at radius 3 is 2.94 bits per heavy atom. The molecule has 1 heterocycles. The number of aromatic nitrogens is 4. The SMILES string of the molecule is CC(Nc1ccc(I)cc1N)c1nn[nH]n1. The summed E-state index contributed by atoms with van der Waals surface area (Å²) in [7, 11) is 0. The van der Waals surface area contributed by atoms with Crippen LogP contribution in [0.2, 0.25) is 0 Å². The molecular formula is C9H11IN6. The molecule has 0 fully saturated rings. The van der Waals surface area contributed by atoms with E-state index in [9.17, 15) is 0 Å². The van der Waals surface area contributed by atoms with Gasteiger partial charge in [0.1, 0.15) is 0 Å². The molecule has 7 heteroatoms. The van der Waals surface area contributed by atoms with E-state index in [1.165, 1.54) is 0 Å². The first-order valence-electron chi connectivity index (χ1n) is 4.71. The molecule has 0 bridgehead atoms. The van der Waals surface area contributed by atoms with Gasteiger partial charge in [0.15, 0.2) is 5.82 Å². The number of aromatic amines is 1. The highest BCUT2D eigenvalue weighted by Crippen LogP contribution is 2.24. The fourth-order valence-electron chi connectivity index (χ4n) is 1.32. The van der Waals surface area contributed by atoms with Gasteiger partial charge in [-0.15, -0.1) is 10.2 Å². The summed E-state index contributed by atoms with van der Waals surface area (Å²) in [5.41, 5.74) is 7.47. The summed E-state index contributed by atoms with van der Waals surface area (Å²) in [6.07, 6.45) is 0. The summed E-state index contributed by atoms with van der Waals surface area (Å²) in [6.45, 7) is 1.95. The number of anilines is 2. The van der Waals surface area contributed by atoms with Crippen molar-refractivity contribution in [3.05, 3.63) is 27.6 Å². The minimum Gasteiger partial charge on any atom is -0.397 e. The molecule has 1 aromatic heterocycles. The van der Waals surface area contributed by atoms with Gasteiger partial charge in [0.05, 0.1) is 17.4 Å². The minimum absolute atomic E-state index is 0.0406. The fraction of sp³-hybridized carbons (Fsp3) is 0.222. The van der Waals surface area contributed by atoms with E-state index in [0.29, 0.717) is 11.5 Å². The largest absolute Gasteiger partial charge is 0.397 e. The summed E-state index contributed by atoms with van der Waals surface area (Å²) in [5, 5.41) is 17.0. The number of H-pyrrole nitrogens is 1. The van der Waals surface area contributed by atoms with E-state index in [4.69, 9.17) is 5.73 Å². The summed E-state index contributed by atoms with van der Waals surface area (Å²) < 4.78 is 1.10. The quantitative estimate of drug-likeness (QED) is 0.587. The lowest BCUT2D eigenvalue weighted by Crippen LogP contribution is -2.10. The Morgan fingerprint density at radius 1 is 1.50 bits per heavy atom. The number of rotatable bonds is 3. The van der Waals surface area contributed by atoms with Gasteiger partial charge in [-0.3, -0.25) is 0 Å². The maximum Gasteiger partial charge on any atom is 0.196 e. The number of nitrogens with one attached hydrogen (secondary N) is 2. The Bertz CT molecular complexity index is 469. The second kappa shape index (κ2) is 4.64. The zero-order valence-corrected chi connectivity index (χ0v) is 10.8. The van der Waals surface area contributed by atoms with Gasteiger partial charge < -0.3 is 11.1 Å². The summed E-state index contributed by atoms with van der Waals surface area (Å²) >= 11 is 2.22. The maximum atomic E-state index is 5.89. The first-order valence-corrected chi connectivity index (χ1v) is 5.79. The maximum absolute atomic E-state index is 5.89. The standard InChI is InChI=1S/C9H11IN6/c1-5(9-13-15-16-14-9)12-8-3-2-6(10)4-7(8)11/h2-5,12H,11H2,1H3,(H,13,14,15,16). The predicted octanol–water partition coefficient (Wildman–Crippen LogP) is 1.56. The van der Waals surface area contributed by atoms with Gasteiger partial charge in [-0.05, 0) is 47.7 Å². The zero-order valence-electron chi connectivity index (χ0n) is 8.61. The van der Waals surface area contributed by atoms with Crippen molar-refractivity contribution in [1.82, 2.24) is 20.6 Å². The Kier molecular flexibility index (Phi) is 3.22. The van der Waals surface area contributed by atoms with Crippen molar-refractivity contribution < 1.29 is 0 Å². The molecular weight excluding hydrogens is 319 g/mol. The number of nitrogen functional groups attached to an aromatic ring is 1. The second-order valence-corrected chi connectivity index (χ2v) is 4.61. The lowest BCUT2D eigenvalue weighted by atomic mass is 10.2. The lowest BCUT2D eigenvalue weighted by Gasteiger charge is -2.13. The molecule has 1 unspecified atom stereocenters. The average Bonchev–Trinajstić information content (AvgIpc) is 2.75. The number of tetrazole rings is 1. The number of benzene rings is 1. The van der Waals surface area contributed by atoms with Gasteiger partial charge in [-0.1, -0.05) is 5.21 Å². The topological polar surface area (TPSA) is 92.5 Å². The highest BCUT2D eigenvalue weighted by Gasteiger charge is 2.11. The van der Waals surface area contributed by atoms with Crippen molar-refractivity contribution in [2.75, 3.05) is 11.1 Å². The Morgan fingerprint density at radius 2 is 2.31 bits per heavy atom. The zero-order chi connectivity index (χ0) is 11.5. The van der Waals surface area contributed by atoms with Crippen LogP contribution in [0.1, 0.15) is 18.8 Å². The van der Waals surface area contributed by atoms with Crippen molar-refractivity contribution in [3.63, 3.8) is 0 Å². The van der Waals surface area contributed by atoms with Crippen molar-refractivity contribution in [2.24, 2.45) is 0 Å². The van der Waals surface area contributed by atoms with Gasteiger partial charge in [0, 0.05) is 3.57 Å². The molecule has 1 aromatic carbocycles. The smallest absolute Gasteiger partial charge is 0.196 e. The van der Waals surface area contributed by atoms with Crippen molar-refractivity contribution in [1.29, 1.82) is 0 Å². The molecule has 0 radical (unpaired) electrons. The Hall–Kier alpha value is -1.38. The van der Waals surface area contributed by atoms with E-state index in [-0.39, 0.29) is 6.04 Å². The van der Waals surface area contributed by atoms with Gasteiger partial charge in [-0.2, -0.15) is 5.21 Å². The normalized spacial score (nSPS) is 12.4. The van der Waals surface area contributed by atoms with Crippen LogP contribution >= 0.6 is 22.6 Å². The second-order valence-electron chi connectivity index (χ2n) is 3.37. The molecule has 16 heavy (non-hydrogen) atoms. The van der Waals surface area contributed by atoms with Crippen LogP contribution in [0.25, 0.3) is 0 Å². The van der Waals surface area contributed by atoms with Crippen LogP contribution in [-0.4, -0.2) is 20.6 Å². The molecule has 4 N–H and O–H groups in total. The molecule has 6 nitrogen and oxygen atoms in total. The number of nitrogens with two attached hydrogens (primary N) is 1. The molecule has 0 amide bonds. The average molecular weight is 330 g/mol. The van der Waals surface area contributed by atoms with Crippen LogP contribution in [0.4, 0.5) is 11.4 Å². The molecule has 1 atom stereocenters. The molecule has 84 valence electrons. The molecule has 0 spiro atoms. The van der Waals surface area contributed by atoms with Crippen LogP contribution in [0, 0.1) is 3.57 Å². The molecule has 0 saturated heterocycles. The van der Waals surface area contributed by atoms with Gasteiger partial charge in [0.2, 0.25) is 0 Å². The molecule has 0 saturated carbocycles. The van der Waals surface area contributed by atoms with Crippen molar-refractivity contribution in [2.45, 2.75) is 13.0 Å². The number of halogens is 1. The van der Waals surface area contributed by atoms with Crippen LogP contribution in [-0.2, 0) is 0 Å². The van der Waals surface area contributed by atoms with E-state index in [0.717, 1.165) is 9.26 Å². The number of hydrogen-bond donors (Lipinski definition) is 3. The number of nitrogens with zero attached hydrogens (tertiary/aromatic N) is 3. The molecule has 0 aliphatic heterocycles. The summed E-state index contributed by atoms with van der Waals surface area (Å²) in [4.78, 5) is 0. The van der Waals surface area contributed by atoms with Crippen LogP contribution in [0.5, 0.6) is 0 Å². The first-order chi connectivity index (χ1) is 7.66.